The van der Waals surface area contributed by atoms with Gasteiger partial charge >= 0.3 is 0 Å². The Labute approximate surface area is 137 Å². The minimum absolute atomic E-state index is 0.165. The van der Waals surface area contributed by atoms with Gasteiger partial charge < -0.3 is 15.5 Å². The molecule has 0 aliphatic rings. The normalized spacial score (nSPS) is 10.8. The maximum absolute atomic E-state index is 9.80. The fraction of sp³-hybridized carbons (Fsp3) is 0. The molecule has 6 heteroatoms. The number of hydrogen-bond acceptors (Lipinski definition) is 5. The first kappa shape index (κ1) is 14.1. The number of aromatic nitrogens is 3. The Morgan fingerprint density at radius 3 is 2.58 bits per heavy atom. The SMILES string of the molecule is Oc1ccc(-c2nc3cnccn3c2Nc2ccccc2)cc1O. The summed E-state index contributed by atoms with van der Waals surface area (Å²) in [5, 5.41) is 22.7. The summed E-state index contributed by atoms with van der Waals surface area (Å²) in [6.45, 7) is 0. The van der Waals surface area contributed by atoms with Gasteiger partial charge in [0.05, 0.1) is 6.20 Å². The number of phenolic OH excluding ortho intramolecular Hbond substituents is 2. The smallest absolute Gasteiger partial charge is 0.158 e. The highest BCUT2D eigenvalue weighted by Crippen LogP contribution is 2.35. The van der Waals surface area contributed by atoms with Crippen LogP contribution >= 0.6 is 0 Å². The highest BCUT2D eigenvalue weighted by Gasteiger charge is 2.15. The van der Waals surface area contributed by atoms with E-state index in [1.807, 2.05) is 40.9 Å². The second kappa shape index (κ2) is 5.58. The second-order valence-corrected chi connectivity index (χ2v) is 5.31. The van der Waals surface area contributed by atoms with E-state index < -0.39 is 0 Å². The summed E-state index contributed by atoms with van der Waals surface area (Å²) >= 11 is 0. The van der Waals surface area contributed by atoms with Crippen molar-refractivity contribution < 1.29 is 10.2 Å². The predicted molar refractivity (Wildman–Crippen MR) is 91.5 cm³/mol. The topological polar surface area (TPSA) is 82.7 Å². The van der Waals surface area contributed by atoms with Crippen LogP contribution in [0.4, 0.5) is 11.5 Å². The van der Waals surface area contributed by atoms with Crippen molar-refractivity contribution in [3.8, 4) is 22.8 Å². The lowest BCUT2D eigenvalue weighted by Crippen LogP contribution is -1.96. The number of rotatable bonds is 3. The van der Waals surface area contributed by atoms with Crippen LogP contribution in [0.3, 0.4) is 0 Å². The van der Waals surface area contributed by atoms with Crippen LogP contribution in [0.5, 0.6) is 11.5 Å². The number of aromatic hydroxyl groups is 2. The lowest BCUT2D eigenvalue weighted by atomic mass is 10.1. The second-order valence-electron chi connectivity index (χ2n) is 5.31. The predicted octanol–water partition coefficient (Wildman–Crippen LogP) is 3.55. The van der Waals surface area contributed by atoms with E-state index in [4.69, 9.17) is 0 Å². The van der Waals surface area contributed by atoms with E-state index in [0.717, 1.165) is 11.5 Å². The molecule has 0 fully saturated rings. The molecule has 4 aromatic rings. The van der Waals surface area contributed by atoms with Crippen molar-refractivity contribution in [3.05, 3.63) is 67.1 Å². The largest absolute Gasteiger partial charge is 0.504 e. The van der Waals surface area contributed by atoms with Crippen LogP contribution in [-0.4, -0.2) is 24.6 Å². The van der Waals surface area contributed by atoms with Crippen LogP contribution < -0.4 is 5.32 Å². The fourth-order valence-electron chi connectivity index (χ4n) is 2.56. The first-order chi connectivity index (χ1) is 11.7. The number of para-hydroxylation sites is 1. The molecule has 6 nitrogen and oxygen atoms in total. The molecule has 24 heavy (non-hydrogen) atoms. The number of nitrogens with one attached hydrogen (secondary N) is 1. The average molecular weight is 318 g/mol. The minimum Gasteiger partial charge on any atom is -0.504 e. The van der Waals surface area contributed by atoms with E-state index in [1.165, 1.54) is 12.1 Å². The molecule has 0 unspecified atom stereocenters. The lowest BCUT2D eigenvalue weighted by Gasteiger charge is -2.09. The fourth-order valence-corrected chi connectivity index (χ4v) is 2.56. The molecule has 2 aromatic heterocycles. The van der Waals surface area contributed by atoms with Crippen LogP contribution in [-0.2, 0) is 0 Å². The van der Waals surface area contributed by atoms with Crippen LogP contribution in [0.15, 0.2) is 67.1 Å². The molecule has 4 rings (SSSR count). The Morgan fingerprint density at radius 2 is 1.79 bits per heavy atom. The van der Waals surface area contributed by atoms with Crippen molar-refractivity contribution in [2.24, 2.45) is 0 Å². The lowest BCUT2D eigenvalue weighted by molar-refractivity contribution is 0.404. The molecule has 2 heterocycles. The number of anilines is 2. The first-order valence-electron chi connectivity index (χ1n) is 7.39. The summed E-state index contributed by atoms with van der Waals surface area (Å²) in [6.07, 6.45) is 5.17. The number of hydrogen-bond donors (Lipinski definition) is 3. The van der Waals surface area contributed by atoms with Gasteiger partial charge in [-0.1, -0.05) is 18.2 Å². The van der Waals surface area contributed by atoms with E-state index in [0.29, 0.717) is 16.9 Å². The van der Waals surface area contributed by atoms with Crippen molar-refractivity contribution in [1.29, 1.82) is 0 Å². The molecule has 0 radical (unpaired) electrons. The van der Waals surface area contributed by atoms with E-state index in [-0.39, 0.29) is 11.5 Å². The van der Waals surface area contributed by atoms with Crippen molar-refractivity contribution in [1.82, 2.24) is 14.4 Å². The van der Waals surface area contributed by atoms with Crippen LogP contribution in [0.1, 0.15) is 0 Å². The molecule has 0 saturated carbocycles. The number of phenols is 2. The Kier molecular flexibility index (Phi) is 3.28. The van der Waals surface area contributed by atoms with Crippen molar-refractivity contribution >= 4 is 17.2 Å². The summed E-state index contributed by atoms with van der Waals surface area (Å²) in [7, 11) is 0. The molecule has 0 aliphatic heterocycles. The summed E-state index contributed by atoms with van der Waals surface area (Å²) in [5.41, 5.74) is 2.94. The first-order valence-corrected chi connectivity index (χ1v) is 7.39. The summed E-state index contributed by atoms with van der Waals surface area (Å²) < 4.78 is 1.89. The Balaban J connectivity index is 1.91. The molecule has 0 aliphatic carbocycles. The van der Waals surface area contributed by atoms with Crippen LogP contribution in [0.25, 0.3) is 16.9 Å². The number of imidazole rings is 1. The van der Waals surface area contributed by atoms with Gasteiger partial charge in [0.2, 0.25) is 0 Å². The van der Waals surface area contributed by atoms with Crippen LogP contribution in [0.2, 0.25) is 0 Å². The molecule has 0 spiro atoms. The number of benzene rings is 2. The van der Waals surface area contributed by atoms with Gasteiger partial charge in [0.25, 0.3) is 0 Å². The van der Waals surface area contributed by atoms with Gasteiger partial charge in [0.15, 0.2) is 17.1 Å². The molecule has 0 amide bonds. The molecule has 0 bridgehead atoms. The van der Waals surface area contributed by atoms with Gasteiger partial charge in [-0.05, 0) is 30.3 Å². The molecule has 0 atom stereocenters. The molecule has 2 aromatic carbocycles. The third-order valence-electron chi connectivity index (χ3n) is 3.72. The highest BCUT2D eigenvalue weighted by atomic mass is 16.3. The van der Waals surface area contributed by atoms with Crippen molar-refractivity contribution in [2.75, 3.05) is 5.32 Å². The molecule has 0 saturated heterocycles. The standard InChI is InChI=1S/C18H14N4O2/c23-14-7-6-12(10-15(14)24)17-18(20-13-4-2-1-3-5-13)22-9-8-19-11-16(22)21-17/h1-11,20,23-24H. The Hall–Kier alpha value is -3.54. The Bertz CT molecular complexity index is 1010. The van der Waals surface area contributed by atoms with Gasteiger partial charge in [0, 0.05) is 23.6 Å². The van der Waals surface area contributed by atoms with E-state index >= 15 is 0 Å². The van der Waals surface area contributed by atoms with Gasteiger partial charge in [0.1, 0.15) is 11.5 Å². The number of fused-ring (bicyclic) bond motifs is 1. The van der Waals surface area contributed by atoms with E-state index in [1.54, 1.807) is 18.5 Å². The average Bonchev–Trinajstić information content (AvgIpc) is 2.97. The van der Waals surface area contributed by atoms with Gasteiger partial charge in [-0.25, -0.2) is 4.98 Å². The summed E-state index contributed by atoms with van der Waals surface area (Å²) in [6, 6.07) is 14.4. The molecular weight excluding hydrogens is 304 g/mol. The summed E-state index contributed by atoms with van der Waals surface area (Å²) in [4.78, 5) is 8.69. The Morgan fingerprint density at radius 1 is 0.958 bits per heavy atom. The van der Waals surface area contributed by atoms with Gasteiger partial charge in [-0.3, -0.25) is 9.38 Å². The zero-order valence-corrected chi connectivity index (χ0v) is 12.6. The molecular formula is C18H14N4O2. The monoisotopic (exact) mass is 318 g/mol. The molecule has 3 N–H and O–H groups in total. The van der Waals surface area contributed by atoms with E-state index in [9.17, 15) is 10.2 Å². The maximum atomic E-state index is 9.80. The highest BCUT2D eigenvalue weighted by molar-refractivity contribution is 5.80. The van der Waals surface area contributed by atoms with E-state index in [2.05, 4.69) is 15.3 Å². The molecule has 118 valence electrons. The quantitative estimate of drug-likeness (QED) is 0.503. The van der Waals surface area contributed by atoms with Crippen LogP contribution in [0, 0.1) is 0 Å². The number of nitrogens with zero attached hydrogens (tertiary/aromatic N) is 3. The van der Waals surface area contributed by atoms with Gasteiger partial charge in [-0.2, -0.15) is 0 Å². The van der Waals surface area contributed by atoms with Crippen molar-refractivity contribution in [2.45, 2.75) is 0 Å². The zero-order valence-electron chi connectivity index (χ0n) is 12.6. The maximum Gasteiger partial charge on any atom is 0.158 e. The minimum atomic E-state index is -0.187. The van der Waals surface area contributed by atoms with Gasteiger partial charge in [-0.15, -0.1) is 0 Å². The summed E-state index contributed by atoms with van der Waals surface area (Å²) in [5.74, 6) is 0.402. The van der Waals surface area contributed by atoms with Crippen molar-refractivity contribution in [3.63, 3.8) is 0 Å². The third-order valence-corrected chi connectivity index (χ3v) is 3.72. The third kappa shape index (κ3) is 2.40. The zero-order chi connectivity index (χ0) is 16.5.